The lowest BCUT2D eigenvalue weighted by atomic mass is 9.82. The maximum absolute atomic E-state index is 13.2. The fourth-order valence-electron chi connectivity index (χ4n) is 4.81. The predicted molar refractivity (Wildman–Crippen MR) is 126 cm³/mol. The molecule has 3 aromatic rings. The Morgan fingerprint density at radius 3 is 1.94 bits per heavy atom. The van der Waals surface area contributed by atoms with Crippen LogP contribution in [0.4, 0.5) is 11.4 Å². The standard InChI is InChI=1S/C26H23ClN2O3/c27-21-22(28)19-20(25(31)18-9-5-4-8-17(18)24(19)30)23(29)26(21)32-16-12-10-15(11-13-16)14-6-2-1-3-7-14/h4-5,8-14H,1-3,6-7,28-29H2. The Bertz CT molecular complexity index is 1240. The fourth-order valence-corrected chi connectivity index (χ4v) is 5.05. The Morgan fingerprint density at radius 1 is 0.781 bits per heavy atom. The molecule has 0 bridgehead atoms. The Balaban J connectivity index is 1.53. The predicted octanol–water partition coefficient (Wildman–Crippen LogP) is 6.12. The third-order valence-electron chi connectivity index (χ3n) is 6.52. The van der Waals surface area contributed by atoms with E-state index in [2.05, 4.69) is 12.1 Å². The molecule has 0 spiro atoms. The summed E-state index contributed by atoms with van der Waals surface area (Å²) in [6.07, 6.45) is 6.25. The molecule has 0 amide bonds. The summed E-state index contributed by atoms with van der Waals surface area (Å²) in [4.78, 5) is 26.2. The number of nitrogens with two attached hydrogens (primary N) is 2. The monoisotopic (exact) mass is 446 g/mol. The number of benzene rings is 3. The van der Waals surface area contributed by atoms with E-state index in [1.54, 1.807) is 24.3 Å². The SMILES string of the molecule is Nc1c(Cl)c(Oc2ccc(C3CCCCC3)cc2)c(N)c2c1C(=O)c1ccccc1C2=O. The molecule has 0 unspecified atom stereocenters. The summed E-state index contributed by atoms with van der Waals surface area (Å²) >= 11 is 6.48. The van der Waals surface area contributed by atoms with Gasteiger partial charge >= 0.3 is 0 Å². The van der Waals surface area contributed by atoms with Crippen molar-refractivity contribution in [2.24, 2.45) is 0 Å². The molecule has 0 heterocycles. The first-order valence-corrected chi connectivity index (χ1v) is 11.2. The molecule has 32 heavy (non-hydrogen) atoms. The summed E-state index contributed by atoms with van der Waals surface area (Å²) in [5.41, 5.74) is 14.5. The maximum atomic E-state index is 13.2. The molecule has 1 saturated carbocycles. The zero-order valence-electron chi connectivity index (χ0n) is 17.5. The van der Waals surface area contributed by atoms with Crippen molar-refractivity contribution in [3.63, 3.8) is 0 Å². The van der Waals surface area contributed by atoms with Crippen molar-refractivity contribution in [2.75, 3.05) is 11.5 Å². The highest BCUT2D eigenvalue weighted by Crippen LogP contribution is 2.47. The molecule has 0 saturated heterocycles. The molecule has 4 N–H and O–H groups in total. The van der Waals surface area contributed by atoms with Gasteiger partial charge in [0.25, 0.3) is 0 Å². The first-order valence-electron chi connectivity index (χ1n) is 10.8. The lowest BCUT2D eigenvalue weighted by Crippen LogP contribution is -2.24. The van der Waals surface area contributed by atoms with Crippen molar-refractivity contribution in [3.8, 4) is 11.5 Å². The van der Waals surface area contributed by atoms with Crippen LogP contribution in [0.15, 0.2) is 48.5 Å². The van der Waals surface area contributed by atoms with E-state index in [0.717, 1.165) is 0 Å². The minimum absolute atomic E-state index is 0.00227. The van der Waals surface area contributed by atoms with E-state index in [9.17, 15) is 9.59 Å². The summed E-state index contributed by atoms with van der Waals surface area (Å²) in [6, 6.07) is 14.5. The van der Waals surface area contributed by atoms with Gasteiger partial charge in [-0.2, -0.15) is 0 Å². The minimum Gasteiger partial charge on any atom is -0.454 e. The number of halogens is 1. The largest absolute Gasteiger partial charge is 0.454 e. The second kappa shape index (κ2) is 7.99. The van der Waals surface area contributed by atoms with Crippen LogP contribution in [0.3, 0.4) is 0 Å². The van der Waals surface area contributed by atoms with E-state index < -0.39 is 0 Å². The van der Waals surface area contributed by atoms with Crippen LogP contribution in [-0.2, 0) is 0 Å². The van der Waals surface area contributed by atoms with Crippen LogP contribution in [0.25, 0.3) is 0 Å². The van der Waals surface area contributed by atoms with E-state index in [-0.39, 0.29) is 44.8 Å². The van der Waals surface area contributed by atoms with Crippen molar-refractivity contribution >= 4 is 34.5 Å². The Kier molecular flexibility index (Phi) is 5.14. The van der Waals surface area contributed by atoms with Gasteiger partial charge in [0.2, 0.25) is 0 Å². The van der Waals surface area contributed by atoms with Gasteiger partial charge in [-0.05, 0) is 36.5 Å². The zero-order valence-corrected chi connectivity index (χ0v) is 18.2. The average molecular weight is 447 g/mol. The highest BCUT2D eigenvalue weighted by molar-refractivity contribution is 6.40. The number of carbonyl (C=O) groups excluding carboxylic acids is 2. The summed E-state index contributed by atoms with van der Waals surface area (Å²) < 4.78 is 6.00. The van der Waals surface area contributed by atoms with Crippen LogP contribution in [0, 0.1) is 0 Å². The molecule has 0 aromatic heterocycles. The molecule has 0 radical (unpaired) electrons. The van der Waals surface area contributed by atoms with Crippen LogP contribution in [-0.4, -0.2) is 11.6 Å². The summed E-state index contributed by atoms with van der Waals surface area (Å²) in [7, 11) is 0. The second-order valence-electron chi connectivity index (χ2n) is 8.43. The van der Waals surface area contributed by atoms with Gasteiger partial charge < -0.3 is 16.2 Å². The van der Waals surface area contributed by atoms with Gasteiger partial charge in [0.1, 0.15) is 10.8 Å². The first kappa shape index (κ1) is 20.6. The highest BCUT2D eigenvalue weighted by Gasteiger charge is 2.36. The van der Waals surface area contributed by atoms with E-state index in [0.29, 0.717) is 22.8 Å². The third kappa shape index (κ3) is 3.24. The van der Waals surface area contributed by atoms with Gasteiger partial charge in [-0.25, -0.2) is 0 Å². The molecule has 0 atom stereocenters. The molecule has 2 aliphatic carbocycles. The van der Waals surface area contributed by atoms with Gasteiger partial charge in [-0.15, -0.1) is 0 Å². The molecular formula is C26H23ClN2O3. The topological polar surface area (TPSA) is 95.4 Å². The number of carbonyl (C=O) groups is 2. The average Bonchev–Trinajstić information content (AvgIpc) is 2.83. The third-order valence-corrected chi connectivity index (χ3v) is 6.89. The van der Waals surface area contributed by atoms with Crippen molar-refractivity contribution in [2.45, 2.75) is 38.0 Å². The zero-order chi connectivity index (χ0) is 22.4. The Morgan fingerprint density at radius 2 is 1.34 bits per heavy atom. The smallest absolute Gasteiger partial charge is 0.196 e. The summed E-state index contributed by atoms with van der Waals surface area (Å²) in [6.45, 7) is 0. The van der Waals surface area contributed by atoms with Gasteiger partial charge in [0, 0.05) is 11.1 Å². The fraction of sp³-hybridized carbons (Fsp3) is 0.231. The van der Waals surface area contributed by atoms with Gasteiger partial charge in [-0.1, -0.05) is 67.3 Å². The number of hydrogen-bond acceptors (Lipinski definition) is 5. The number of anilines is 2. The van der Waals surface area contributed by atoms with Crippen molar-refractivity contribution in [1.29, 1.82) is 0 Å². The van der Waals surface area contributed by atoms with E-state index in [1.807, 2.05) is 12.1 Å². The lowest BCUT2D eigenvalue weighted by molar-refractivity contribution is 0.0980. The van der Waals surface area contributed by atoms with E-state index in [1.165, 1.54) is 37.7 Å². The van der Waals surface area contributed by atoms with Gasteiger partial charge in [0.05, 0.1) is 22.5 Å². The van der Waals surface area contributed by atoms with Crippen molar-refractivity contribution < 1.29 is 14.3 Å². The lowest BCUT2D eigenvalue weighted by Gasteiger charge is -2.24. The number of nitrogen functional groups attached to an aromatic ring is 2. The van der Waals surface area contributed by atoms with Crippen LogP contribution in [0.5, 0.6) is 11.5 Å². The molecule has 3 aromatic carbocycles. The number of ketones is 2. The van der Waals surface area contributed by atoms with E-state index in [4.69, 9.17) is 27.8 Å². The molecule has 5 rings (SSSR count). The van der Waals surface area contributed by atoms with E-state index >= 15 is 0 Å². The molecule has 2 aliphatic rings. The summed E-state index contributed by atoms with van der Waals surface area (Å²) in [5, 5.41) is 0.0261. The number of fused-ring (bicyclic) bond motifs is 2. The van der Waals surface area contributed by atoms with Crippen LogP contribution >= 0.6 is 11.6 Å². The number of hydrogen-bond donors (Lipinski definition) is 2. The number of rotatable bonds is 3. The molecule has 1 fully saturated rings. The van der Waals surface area contributed by atoms with Gasteiger partial charge in [0.15, 0.2) is 17.3 Å². The summed E-state index contributed by atoms with van der Waals surface area (Å²) in [5.74, 6) is 0.467. The normalized spacial score (nSPS) is 15.9. The van der Waals surface area contributed by atoms with Gasteiger partial charge in [-0.3, -0.25) is 9.59 Å². The Labute approximate surface area is 191 Å². The molecule has 162 valence electrons. The molecule has 5 nitrogen and oxygen atoms in total. The molecule has 6 heteroatoms. The van der Waals surface area contributed by atoms with Crippen molar-refractivity contribution in [3.05, 3.63) is 81.4 Å². The van der Waals surface area contributed by atoms with Crippen molar-refractivity contribution in [1.82, 2.24) is 0 Å². The van der Waals surface area contributed by atoms with Crippen LogP contribution < -0.4 is 16.2 Å². The van der Waals surface area contributed by atoms with Crippen LogP contribution in [0.2, 0.25) is 5.02 Å². The quantitative estimate of drug-likeness (QED) is 0.369. The molecular weight excluding hydrogens is 424 g/mol. The maximum Gasteiger partial charge on any atom is 0.196 e. The van der Waals surface area contributed by atoms with Crippen LogP contribution in [0.1, 0.15) is 75.4 Å². The second-order valence-corrected chi connectivity index (χ2v) is 8.81. The minimum atomic E-state index is -0.371. The molecule has 0 aliphatic heterocycles. The highest BCUT2D eigenvalue weighted by atomic mass is 35.5. The first-order chi connectivity index (χ1) is 15.5. The Hall–Kier alpha value is -3.31. The number of ether oxygens (including phenoxy) is 1.